The van der Waals surface area contributed by atoms with Gasteiger partial charge >= 0.3 is 0 Å². The van der Waals surface area contributed by atoms with Gasteiger partial charge in [-0.2, -0.15) is 0 Å². The zero-order valence-corrected chi connectivity index (χ0v) is 18.1. The van der Waals surface area contributed by atoms with Crippen LogP contribution in [0.5, 0.6) is 11.5 Å². The number of hydrogen-bond acceptors (Lipinski definition) is 5. The van der Waals surface area contributed by atoms with Crippen molar-refractivity contribution in [3.8, 4) is 22.6 Å². The first-order valence-electron chi connectivity index (χ1n) is 10.3. The second-order valence-electron chi connectivity index (χ2n) is 7.21. The Morgan fingerprint density at radius 1 is 0.906 bits per heavy atom. The monoisotopic (exact) mass is 431 g/mol. The average molecular weight is 431 g/mol. The molecule has 4 rings (SSSR count). The standard InChI is InChI=1S/C26H25NO5/c1-29-13-14-31-21-10-6-7-18(15-21)17-27-26(28)25-24(19-8-4-3-5-9-19)22-12-11-20(30-2)16-23(22)32-25/h3-12,15-16H,13-14,17H2,1-2H3,(H,27,28). The number of carbonyl (C=O) groups excluding carboxylic acids is 1. The van der Waals surface area contributed by atoms with Gasteiger partial charge in [0, 0.05) is 30.7 Å². The predicted octanol–water partition coefficient (Wildman–Crippen LogP) is 5.06. The molecule has 0 fully saturated rings. The predicted molar refractivity (Wildman–Crippen MR) is 123 cm³/mol. The number of fused-ring (bicyclic) bond motifs is 1. The summed E-state index contributed by atoms with van der Waals surface area (Å²) >= 11 is 0. The summed E-state index contributed by atoms with van der Waals surface area (Å²) in [6.07, 6.45) is 0. The summed E-state index contributed by atoms with van der Waals surface area (Å²) in [5.74, 6) is 1.38. The molecule has 1 amide bonds. The lowest BCUT2D eigenvalue weighted by Gasteiger charge is -2.09. The Labute approximate surface area is 186 Å². The Morgan fingerprint density at radius 2 is 1.75 bits per heavy atom. The highest BCUT2D eigenvalue weighted by atomic mass is 16.5. The van der Waals surface area contributed by atoms with Gasteiger partial charge in [-0.3, -0.25) is 4.79 Å². The lowest BCUT2D eigenvalue weighted by Crippen LogP contribution is -2.22. The number of hydrogen-bond donors (Lipinski definition) is 1. The second kappa shape index (κ2) is 10.0. The minimum absolute atomic E-state index is 0.270. The van der Waals surface area contributed by atoms with Crippen LogP contribution < -0.4 is 14.8 Å². The van der Waals surface area contributed by atoms with E-state index >= 15 is 0 Å². The normalized spacial score (nSPS) is 10.8. The first-order valence-corrected chi connectivity index (χ1v) is 10.3. The first kappa shape index (κ1) is 21.5. The molecule has 4 aromatic rings. The van der Waals surface area contributed by atoms with Crippen molar-refractivity contribution in [1.82, 2.24) is 5.32 Å². The molecule has 0 aliphatic carbocycles. The fourth-order valence-corrected chi connectivity index (χ4v) is 3.51. The highest BCUT2D eigenvalue weighted by Crippen LogP contribution is 2.36. The fraction of sp³-hybridized carbons (Fsp3) is 0.192. The van der Waals surface area contributed by atoms with E-state index in [4.69, 9.17) is 18.6 Å². The van der Waals surface area contributed by atoms with Gasteiger partial charge < -0.3 is 23.9 Å². The van der Waals surface area contributed by atoms with E-state index in [1.165, 1.54) is 0 Å². The molecule has 164 valence electrons. The van der Waals surface area contributed by atoms with Crippen LogP contribution in [0.15, 0.2) is 77.2 Å². The van der Waals surface area contributed by atoms with Gasteiger partial charge in [-0.1, -0.05) is 42.5 Å². The molecular weight excluding hydrogens is 406 g/mol. The van der Waals surface area contributed by atoms with Crippen LogP contribution in [0, 0.1) is 0 Å². The number of carbonyl (C=O) groups is 1. The minimum atomic E-state index is -0.287. The maximum absolute atomic E-state index is 13.1. The van der Waals surface area contributed by atoms with Gasteiger partial charge in [-0.25, -0.2) is 0 Å². The Morgan fingerprint density at radius 3 is 2.53 bits per heavy atom. The quantitative estimate of drug-likeness (QED) is 0.375. The van der Waals surface area contributed by atoms with E-state index in [-0.39, 0.29) is 11.7 Å². The van der Waals surface area contributed by atoms with E-state index in [0.29, 0.717) is 31.1 Å². The second-order valence-corrected chi connectivity index (χ2v) is 7.21. The van der Waals surface area contributed by atoms with Crippen LogP contribution in [0.2, 0.25) is 0 Å². The van der Waals surface area contributed by atoms with Crippen LogP contribution in [0.25, 0.3) is 22.1 Å². The summed E-state index contributed by atoms with van der Waals surface area (Å²) in [6.45, 7) is 1.32. The van der Waals surface area contributed by atoms with Gasteiger partial charge in [0.05, 0.1) is 13.7 Å². The van der Waals surface area contributed by atoms with Crippen LogP contribution in [0.4, 0.5) is 0 Å². The molecule has 0 radical (unpaired) electrons. The van der Waals surface area contributed by atoms with E-state index in [1.807, 2.05) is 66.7 Å². The molecule has 0 unspecified atom stereocenters. The van der Waals surface area contributed by atoms with Crippen molar-refractivity contribution < 1.29 is 23.4 Å². The van der Waals surface area contributed by atoms with E-state index in [0.717, 1.165) is 27.8 Å². The molecule has 1 N–H and O–H groups in total. The maximum Gasteiger partial charge on any atom is 0.287 e. The summed E-state index contributed by atoms with van der Waals surface area (Å²) < 4.78 is 22.0. The number of benzene rings is 3. The van der Waals surface area contributed by atoms with E-state index in [2.05, 4.69) is 5.32 Å². The SMILES string of the molecule is COCCOc1cccc(CNC(=O)c2oc3cc(OC)ccc3c2-c2ccccc2)c1. The van der Waals surface area contributed by atoms with E-state index in [1.54, 1.807) is 20.3 Å². The maximum atomic E-state index is 13.1. The van der Waals surface area contributed by atoms with Crippen molar-refractivity contribution in [2.75, 3.05) is 27.4 Å². The zero-order chi connectivity index (χ0) is 22.3. The number of ether oxygens (including phenoxy) is 3. The van der Waals surface area contributed by atoms with Crippen LogP contribution in [0.1, 0.15) is 16.1 Å². The van der Waals surface area contributed by atoms with Gasteiger partial charge in [0.1, 0.15) is 23.7 Å². The van der Waals surface area contributed by atoms with Crippen LogP contribution in [-0.2, 0) is 11.3 Å². The molecule has 0 aliphatic heterocycles. The van der Waals surface area contributed by atoms with Crippen LogP contribution >= 0.6 is 0 Å². The van der Waals surface area contributed by atoms with E-state index in [9.17, 15) is 4.79 Å². The smallest absolute Gasteiger partial charge is 0.287 e. The molecule has 0 saturated heterocycles. The minimum Gasteiger partial charge on any atom is -0.497 e. The lowest BCUT2D eigenvalue weighted by molar-refractivity contribution is 0.0926. The van der Waals surface area contributed by atoms with Gasteiger partial charge in [-0.05, 0) is 35.4 Å². The Hall–Kier alpha value is -3.77. The molecule has 0 saturated carbocycles. The number of amides is 1. The summed E-state index contributed by atoms with van der Waals surface area (Å²) in [5, 5.41) is 3.82. The van der Waals surface area contributed by atoms with E-state index < -0.39 is 0 Å². The number of nitrogens with one attached hydrogen (secondary N) is 1. The van der Waals surface area contributed by atoms with Crippen LogP contribution in [-0.4, -0.2) is 33.3 Å². The van der Waals surface area contributed by atoms with Crippen molar-refractivity contribution in [3.63, 3.8) is 0 Å². The molecular formula is C26H25NO5. The van der Waals surface area contributed by atoms with Crippen molar-refractivity contribution in [3.05, 3.63) is 84.1 Å². The third-order valence-corrected chi connectivity index (χ3v) is 5.07. The molecule has 1 aromatic heterocycles. The zero-order valence-electron chi connectivity index (χ0n) is 18.1. The number of rotatable bonds is 9. The Kier molecular flexibility index (Phi) is 6.72. The lowest BCUT2D eigenvalue weighted by atomic mass is 10.0. The molecule has 3 aromatic carbocycles. The van der Waals surface area contributed by atoms with Gasteiger partial charge in [-0.15, -0.1) is 0 Å². The summed E-state index contributed by atoms with van der Waals surface area (Å²) in [6, 6.07) is 22.9. The fourth-order valence-electron chi connectivity index (χ4n) is 3.51. The summed E-state index contributed by atoms with van der Waals surface area (Å²) in [5.41, 5.74) is 3.20. The number of furan rings is 1. The molecule has 0 atom stereocenters. The largest absolute Gasteiger partial charge is 0.497 e. The van der Waals surface area contributed by atoms with Crippen molar-refractivity contribution in [1.29, 1.82) is 0 Å². The molecule has 0 aliphatic rings. The van der Waals surface area contributed by atoms with Crippen LogP contribution in [0.3, 0.4) is 0 Å². The molecule has 0 spiro atoms. The summed E-state index contributed by atoms with van der Waals surface area (Å²) in [4.78, 5) is 13.1. The Balaban J connectivity index is 1.59. The van der Waals surface area contributed by atoms with Gasteiger partial charge in [0.2, 0.25) is 5.76 Å². The van der Waals surface area contributed by atoms with Crippen molar-refractivity contribution >= 4 is 16.9 Å². The van der Waals surface area contributed by atoms with Gasteiger partial charge in [0.15, 0.2) is 0 Å². The average Bonchev–Trinajstić information content (AvgIpc) is 3.22. The molecule has 1 heterocycles. The van der Waals surface area contributed by atoms with Crippen molar-refractivity contribution in [2.24, 2.45) is 0 Å². The van der Waals surface area contributed by atoms with Crippen molar-refractivity contribution in [2.45, 2.75) is 6.54 Å². The Bertz CT molecular complexity index is 1200. The first-order chi connectivity index (χ1) is 15.7. The molecule has 6 nitrogen and oxygen atoms in total. The topological polar surface area (TPSA) is 69.9 Å². The molecule has 6 heteroatoms. The van der Waals surface area contributed by atoms with Gasteiger partial charge in [0.25, 0.3) is 5.91 Å². The molecule has 32 heavy (non-hydrogen) atoms. The highest BCUT2D eigenvalue weighted by Gasteiger charge is 2.22. The summed E-state index contributed by atoms with van der Waals surface area (Å²) in [7, 11) is 3.23. The number of methoxy groups -OCH3 is 2. The third-order valence-electron chi connectivity index (χ3n) is 5.07. The third kappa shape index (κ3) is 4.76. The highest BCUT2D eigenvalue weighted by molar-refractivity contribution is 6.08. The molecule has 0 bridgehead atoms.